The maximum Gasteiger partial charge on any atom is 0.123 e. The molecule has 0 aromatic heterocycles. The first-order chi connectivity index (χ1) is 8.92. The number of piperazine rings is 1. The van der Waals surface area contributed by atoms with Gasteiger partial charge in [0.2, 0.25) is 0 Å². The second-order valence-corrected chi connectivity index (χ2v) is 6.25. The molecule has 1 atom stereocenters. The van der Waals surface area contributed by atoms with Crippen molar-refractivity contribution in [3.63, 3.8) is 0 Å². The van der Waals surface area contributed by atoms with E-state index in [1.807, 2.05) is 13.0 Å². The summed E-state index contributed by atoms with van der Waals surface area (Å²) in [7, 11) is 0. The summed E-state index contributed by atoms with van der Waals surface area (Å²) < 4.78 is 13.2. The fourth-order valence-corrected chi connectivity index (χ4v) is 2.68. The van der Waals surface area contributed by atoms with E-state index in [1.165, 1.54) is 5.56 Å². The lowest BCUT2D eigenvalue weighted by atomic mass is 9.95. The van der Waals surface area contributed by atoms with E-state index in [0.29, 0.717) is 6.04 Å². The van der Waals surface area contributed by atoms with Crippen molar-refractivity contribution in [1.82, 2.24) is 10.2 Å². The van der Waals surface area contributed by atoms with Crippen LogP contribution in [0, 0.1) is 12.7 Å². The van der Waals surface area contributed by atoms with Gasteiger partial charge < -0.3 is 5.32 Å². The van der Waals surface area contributed by atoms with Crippen molar-refractivity contribution >= 4 is 0 Å². The molecule has 0 saturated carbocycles. The Balaban J connectivity index is 2.15. The smallest absolute Gasteiger partial charge is 0.123 e. The average molecular weight is 264 g/mol. The fourth-order valence-electron chi connectivity index (χ4n) is 2.68. The van der Waals surface area contributed by atoms with E-state index < -0.39 is 0 Å². The van der Waals surface area contributed by atoms with Gasteiger partial charge in [0.05, 0.1) is 0 Å². The van der Waals surface area contributed by atoms with Gasteiger partial charge in [-0.2, -0.15) is 0 Å². The SMILES string of the molecule is CCC1CN(Cc2ccc(F)cc2C)C(C)(C)CN1. The molecule has 0 amide bonds. The number of rotatable bonds is 3. The highest BCUT2D eigenvalue weighted by Gasteiger charge is 2.33. The van der Waals surface area contributed by atoms with Crippen LogP contribution in [0.1, 0.15) is 38.3 Å². The second kappa shape index (κ2) is 5.59. The number of nitrogens with one attached hydrogen (secondary N) is 1. The number of aryl methyl sites for hydroxylation is 1. The molecule has 0 bridgehead atoms. The Kier molecular flexibility index (Phi) is 4.26. The summed E-state index contributed by atoms with van der Waals surface area (Å²) in [4.78, 5) is 2.51. The first-order valence-electron chi connectivity index (χ1n) is 7.16. The minimum absolute atomic E-state index is 0.145. The lowest BCUT2D eigenvalue weighted by Crippen LogP contribution is -2.61. The molecule has 2 nitrogen and oxygen atoms in total. The summed E-state index contributed by atoms with van der Waals surface area (Å²) in [5.74, 6) is -0.146. The van der Waals surface area contributed by atoms with Crippen LogP contribution >= 0.6 is 0 Å². The summed E-state index contributed by atoms with van der Waals surface area (Å²) in [6.07, 6.45) is 1.15. The van der Waals surface area contributed by atoms with Gasteiger partial charge in [-0.3, -0.25) is 4.90 Å². The molecule has 1 fully saturated rings. The molecule has 106 valence electrons. The lowest BCUT2D eigenvalue weighted by molar-refractivity contribution is 0.0575. The molecular weight excluding hydrogens is 239 g/mol. The van der Waals surface area contributed by atoms with Crippen LogP contribution in [-0.4, -0.2) is 29.6 Å². The van der Waals surface area contributed by atoms with Crippen molar-refractivity contribution in [3.05, 3.63) is 35.1 Å². The molecule has 1 unspecified atom stereocenters. The highest BCUT2D eigenvalue weighted by atomic mass is 19.1. The zero-order valence-corrected chi connectivity index (χ0v) is 12.5. The quantitative estimate of drug-likeness (QED) is 0.902. The van der Waals surface area contributed by atoms with Crippen molar-refractivity contribution in [2.45, 2.75) is 52.2 Å². The highest BCUT2D eigenvalue weighted by molar-refractivity contribution is 5.26. The van der Waals surface area contributed by atoms with Gasteiger partial charge in [0.25, 0.3) is 0 Å². The number of halogens is 1. The predicted molar refractivity (Wildman–Crippen MR) is 77.7 cm³/mol. The summed E-state index contributed by atoms with van der Waals surface area (Å²) in [5, 5.41) is 3.60. The van der Waals surface area contributed by atoms with Gasteiger partial charge in [-0.25, -0.2) is 4.39 Å². The first kappa shape index (κ1) is 14.5. The van der Waals surface area contributed by atoms with Crippen LogP contribution in [0.3, 0.4) is 0 Å². The maximum atomic E-state index is 13.2. The van der Waals surface area contributed by atoms with Gasteiger partial charge in [0.1, 0.15) is 5.82 Å². The molecular formula is C16H25FN2. The summed E-state index contributed by atoms with van der Waals surface area (Å²) in [5.41, 5.74) is 2.42. The first-order valence-corrected chi connectivity index (χ1v) is 7.16. The number of hydrogen-bond acceptors (Lipinski definition) is 2. The fraction of sp³-hybridized carbons (Fsp3) is 0.625. The molecule has 0 spiro atoms. The topological polar surface area (TPSA) is 15.3 Å². The van der Waals surface area contributed by atoms with Crippen molar-refractivity contribution < 1.29 is 4.39 Å². The Labute approximate surface area is 116 Å². The summed E-state index contributed by atoms with van der Waals surface area (Å²) >= 11 is 0. The Bertz CT molecular complexity index is 442. The predicted octanol–water partition coefficient (Wildman–Crippen LogP) is 3.10. The van der Waals surface area contributed by atoms with Crippen molar-refractivity contribution in [2.75, 3.05) is 13.1 Å². The van der Waals surface area contributed by atoms with Crippen LogP contribution in [0.2, 0.25) is 0 Å². The molecule has 1 aromatic rings. The normalized spacial score (nSPS) is 23.5. The maximum absolute atomic E-state index is 13.2. The van der Waals surface area contributed by atoms with Gasteiger partial charge in [0.15, 0.2) is 0 Å². The molecule has 1 saturated heterocycles. The molecule has 1 aliphatic heterocycles. The van der Waals surface area contributed by atoms with Crippen LogP contribution < -0.4 is 5.32 Å². The van der Waals surface area contributed by atoms with Crippen LogP contribution in [0.25, 0.3) is 0 Å². The van der Waals surface area contributed by atoms with Crippen molar-refractivity contribution in [1.29, 1.82) is 0 Å². The standard InChI is InChI=1S/C16H25FN2/c1-5-15-10-19(16(3,4)11-18-15)9-13-6-7-14(17)8-12(13)2/h6-8,15,18H,5,9-11H2,1-4H3. The molecule has 1 N–H and O–H groups in total. The average Bonchev–Trinajstić information content (AvgIpc) is 2.34. The molecule has 2 rings (SSSR count). The largest absolute Gasteiger partial charge is 0.311 e. The monoisotopic (exact) mass is 264 g/mol. The highest BCUT2D eigenvalue weighted by Crippen LogP contribution is 2.23. The molecule has 19 heavy (non-hydrogen) atoms. The molecule has 0 radical (unpaired) electrons. The van der Waals surface area contributed by atoms with Crippen LogP contribution in [0.4, 0.5) is 4.39 Å². The molecule has 1 aromatic carbocycles. The van der Waals surface area contributed by atoms with Crippen molar-refractivity contribution in [3.8, 4) is 0 Å². The molecule has 3 heteroatoms. The Morgan fingerprint density at radius 3 is 2.79 bits per heavy atom. The second-order valence-electron chi connectivity index (χ2n) is 6.25. The molecule has 1 aliphatic rings. The Morgan fingerprint density at radius 1 is 1.42 bits per heavy atom. The van der Waals surface area contributed by atoms with E-state index in [9.17, 15) is 4.39 Å². The number of hydrogen-bond donors (Lipinski definition) is 1. The van der Waals surface area contributed by atoms with E-state index in [4.69, 9.17) is 0 Å². The Hall–Kier alpha value is -0.930. The van der Waals surface area contributed by atoms with E-state index in [1.54, 1.807) is 12.1 Å². The van der Waals surface area contributed by atoms with E-state index in [0.717, 1.165) is 31.6 Å². The van der Waals surface area contributed by atoms with Crippen molar-refractivity contribution in [2.24, 2.45) is 0 Å². The van der Waals surface area contributed by atoms with Gasteiger partial charge in [-0.1, -0.05) is 13.0 Å². The lowest BCUT2D eigenvalue weighted by Gasteiger charge is -2.46. The zero-order chi connectivity index (χ0) is 14.0. The van der Waals surface area contributed by atoms with Crippen LogP contribution in [0.5, 0.6) is 0 Å². The minimum atomic E-state index is -0.146. The third kappa shape index (κ3) is 3.34. The van der Waals surface area contributed by atoms with Gasteiger partial charge in [-0.05, 0) is 50.5 Å². The van der Waals surface area contributed by atoms with E-state index >= 15 is 0 Å². The minimum Gasteiger partial charge on any atom is -0.311 e. The van der Waals surface area contributed by atoms with Gasteiger partial charge >= 0.3 is 0 Å². The number of benzene rings is 1. The summed E-state index contributed by atoms with van der Waals surface area (Å²) in [6, 6.07) is 5.68. The Morgan fingerprint density at radius 2 is 2.16 bits per heavy atom. The van der Waals surface area contributed by atoms with Crippen LogP contribution in [0.15, 0.2) is 18.2 Å². The van der Waals surface area contributed by atoms with E-state index in [-0.39, 0.29) is 11.4 Å². The van der Waals surface area contributed by atoms with Crippen LogP contribution in [-0.2, 0) is 6.54 Å². The third-order valence-corrected chi connectivity index (χ3v) is 4.28. The van der Waals surface area contributed by atoms with Gasteiger partial charge in [-0.15, -0.1) is 0 Å². The number of nitrogens with zero attached hydrogens (tertiary/aromatic N) is 1. The third-order valence-electron chi connectivity index (χ3n) is 4.28. The molecule has 0 aliphatic carbocycles. The summed E-state index contributed by atoms with van der Waals surface area (Å²) in [6.45, 7) is 11.7. The van der Waals surface area contributed by atoms with Gasteiger partial charge in [0, 0.05) is 31.2 Å². The zero-order valence-electron chi connectivity index (χ0n) is 12.5. The van der Waals surface area contributed by atoms with E-state index in [2.05, 4.69) is 31.0 Å². The molecule has 1 heterocycles.